The second-order valence-electron chi connectivity index (χ2n) is 3.56. The third kappa shape index (κ3) is 3.33. The van der Waals surface area contributed by atoms with Crippen LogP contribution in [0.25, 0.3) is 0 Å². The minimum absolute atomic E-state index is 0.102. The van der Waals surface area contributed by atoms with E-state index in [9.17, 15) is 17.6 Å². The molecular weight excluding hydrogens is 236 g/mol. The molecule has 0 aliphatic rings. The van der Waals surface area contributed by atoms with Gasteiger partial charge in [0, 0.05) is 18.8 Å². The van der Waals surface area contributed by atoms with Crippen molar-refractivity contribution in [3.8, 4) is 0 Å². The Morgan fingerprint density at radius 1 is 1.35 bits per heavy atom. The average molecular weight is 250 g/mol. The number of anilines is 1. The molecule has 1 atom stereocenters. The molecule has 0 fully saturated rings. The van der Waals surface area contributed by atoms with E-state index in [0.717, 1.165) is 11.0 Å². The first-order chi connectivity index (χ1) is 7.90. The summed E-state index contributed by atoms with van der Waals surface area (Å²) in [7, 11) is 0. The third-order valence-corrected chi connectivity index (χ3v) is 2.46. The van der Waals surface area contributed by atoms with E-state index < -0.39 is 24.6 Å². The topological polar surface area (TPSA) is 29.3 Å². The summed E-state index contributed by atoms with van der Waals surface area (Å²) in [5.41, 5.74) is 5.34. The van der Waals surface area contributed by atoms with Gasteiger partial charge in [-0.3, -0.25) is 0 Å². The lowest BCUT2D eigenvalue weighted by atomic mass is 10.2. The van der Waals surface area contributed by atoms with Gasteiger partial charge in [-0.25, -0.2) is 4.39 Å². The van der Waals surface area contributed by atoms with Crippen LogP contribution in [0, 0.1) is 5.82 Å². The van der Waals surface area contributed by atoms with Gasteiger partial charge in [0.25, 0.3) is 0 Å². The average Bonchev–Trinajstić information content (AvgIpc) is 2.23. The van der Waals surface area contributed by atoms with Crippen molar-refractivity contribution < 1.29 is 17.6 Å². The van der Waals surface area contributed by atoms with Crippen LogP contribution in [0.1, 0.15) is 6.92 Å². The van der Waals surface area contributed by atoms with Gasteiger partial charge in [-0.1, -0.05) is 6.07 Å². The predicted molar refractivity (Wildman–Crippen MR) is 58.3 cm³/mol. The van der Waals surface area contributed by atoms with E-state index >= 15 is 0 Å². The number of benzene rings is 1. The first-order valence-corrected chi connectivity index (χ1v) is 5.19. The lowest BCUT2D eigenvalue weighted by Crippen LogP contribution is -2.50. The van der Waals surface area contributed by atoms with Crippen LogP contribution in [0.3, 0.4) is 0 Å². The number of nitrogens with zero attached hydrogens (tertiary/aromatic N) is 1. The second kappa shape index (κ2) is 5.35. The van der Waals surface area contributed by atoms with Crippen molar-refractivity contribution in [1.29, 1.82) is 0 Å². The van der Waals surface area contributed by atoms with E-state index in [1.807, 2.05) is 0 Å². The molecule has 1 aromatic rings. The smallest absolute Gasteiger partial charge is 0.359 e. The summed E-state index contributed by atoms with van der Waals surface area (Å²) in [5, 5.41) is 0. The van der Waals surface area contributed by atoms with Crippen molar-refractivity contribution >= 4 is 5.69 Å². The molecule has 96 valence electrons. The Morgan fingerprint density at radius 3 is 2.41 bits per heavy atom. The van der Waals surface area contributed by atoms with Crippen LogP contribution in [-0.4, -0.2) is 25.3 Å². The first kappa shape index (κ1) is 13.8. The normalized spacial score (nSPS) is 13.5. The molecule has 0 heterocycles. The van der Waals surface area contributed by atoms with Crippen LogP contribution in [0.2, 0.25) is 0 Å². The minimum Gasteiger partial charge on any atom is -0.359 e. The van der Waals surface area contributed by atoms with Crippen LogP contribution >= 0.6 is 0 Å². The molecule has 0 aliphatic heterocycles. The number of alkyl halides is 3. The number of likely N-dealkylation sites (N-methyl/N-ethyl adjacent to an activating group) is 1. The van der Waals surface area contributed by atoms with Crippen molar-refractivity contribution in [3.63, 3.8) is 0 Å². The molecular formula is C11H14F4N2. The fraction of sp³-hybridized carbons (Fsp3) is 0.455. The molecule has 1 aromatic carbocycles. The van der Waals surface area contributed by atoms with E-state index in [0.29, 0.717) is 0 Å². The van der Waals surface area contributed by atoms with Gasteiger partial charge < -0.3 is 10.6 Å². The van der Waals surface area contributed by atoms with Gasteiger partial charge in [-0.15, -0.1) is 0 Å². The zero-order valence-electron chi connectivity index (χ0n) is 9.34. The van der Waals surface area contributed by atoms with Gasteiger partial charge >= 0.3 is 6.18 Å². The highest BCUT2D eigenvalue weighted by atomic mass is 19.4. The summed E-state index contributed by atoms with van der Waals surface area (Å²) in [4.78, 5) is 1.04. The molecule has 0 bridgehead atoms. The first-order valence-electron chi connectivity index (χ1n) is 5.19. The molecule has 0 saturated heterocycles. The van der Waals surface area contributed by atoms with Gasteiger partial charge in [-0.2, -0.15) is 13.2 Å². The van der Waals surface area contributed by atoms with Crippen molar-refractivity contribution in [1.82, 2.24) is 0 Å². The summed E-state index contributed by atoms with van der Waals surface area (Å²) in [5.74, 6) is -0.570. The standard InChI is InChI=1S/C11H14F4N2/c1-2-17(10(7-16)11(13,14)15)9-5-3-4-8(12)6-9/h3-6,10H,2,7,16H2,1H3. The fourth-order valence-electron chi connectivity index (χ4n) is 1.68. The van der Waals surface area contributed by atoms with Crippen LogP contribution in [0.5, 0.6) is 0 Å². The Labute approximate surface area is 97.0 Å². The SMILES string of the molecule is CCN(c1cccc(F)c1)C(CN)C(F)(F)F. The molecule has 0 aliphatic carbocycles. The van der Waals surface area contributed by atoms with Gasteiger partial charge in [0.15, 0.2) is 0 Å². The van der Waals surface area contributed by atoms with Crippen molar-refractivity contribution in [2.75, 3.05) is 18.0 Å². The second-order valence-corrected chi connectivity index (χ2v) is 3.56. The highest BCUT2D eigenvalue weighted by Crippen LogP contribution is 2.28. The summed E-state index contributed by atoms with van der Waals surface area (Å²) < 4.78 is 51.2. The van der Waals surface area contributed by atoms with Crippen molar-refractivity contribution in [2.45, 2.75) is 19.1 Å². The summed E-state index contributed by atoms with van der Waals surface area (Å²) in [6, 6.07) is 3.26. The van der Waals surface area contributed by atoms with Gasteiger partial charge in [0.1, 0.15) is 11.9 Å². The number of nitrogens with two attached hydrogens (primary N) is 1. The Kier molecular flexibility index (Phi) is 4.34. The maximum absolute atomic E-state index is 13.0. The molecule has 1 rings (SSSR count). The maximum atomic E-state index is 13.0. The zero-order valence-corrected chi connectivity index (χ0v) is 9.34. The molecule has 6 heteroatoms. The molecule has 17 heavy (non-hydrogen) atoms. The maximum Gasteiger partial charge on any atom is 0.409 e. The summed E-state index contributed by atoms with van der Waals surface area (Å²) >= 11 is 0. The van der Waals surface area contributed by atoms with Crippen LogP contribution < -0.4 is 10.6 Å². The minimum atomic E-state index is -4.43. The van der Waals surface area contributed by atoms with E-state index in [1.165, 1.54) is 18.2 Å². The van der Waals surface area contributed by atoms with E-state index in [-0.39, 0.29) is 12.2 Å². The van der Waals surface area contributed by atoms with Crippen molar-refractivity contribution in [2.24, 2.45) is 5.73 Å². The van der Waals surface area contributed by atoms with Crippen LogP contribution in [0.15, 0.2) is 24.3 Å². The van der Waals surface area contributed by atoms with E-state index in [4.69, 9.17) is 5.73 Å². The molecule has 0 amide bonds. The van der Waals surface area contributed by atoms with Gasteiger partial charge in [-0.05, 0) is 25.1 Å². The lowest BCUT2D eigenvalue weighted by molar-refractivity contribution is -0.146. The Bertz CT molecular complexity index is 365. The monoisotopic (exact) mass is 250 g/mol. The van der Waals surface area contributed by atoms with Crippen LogP contribution in [-0.2, 0) is 0 Å². The van der Waals surface area contributed by atoms with E-state index in [1.54, 1.807) is 6.92 Å². The number of halogens is 4. The number of hydrogen-bond donors (Lipinski definition) is 1. The molecule has 2 nitrogen and oxygen atoms in total. The molecule has 0 aromatic heterocycles. The Morgan fingerprint density at radius 2 is 2.00 bits per heavy atom. The molecule has 0 radical (unpaired) electrons. The molecule has 0 saturated carbocycles. The van der Waals surface area contributed by atoms with Crippen LogP contribution in [0.4, 0.5) is 23.2 Å². The van der Waals surface area contributed by atoms with E-state index in [2.05, 4.69) is 0 Å². The van der Waals surface area contributed by atoms with Crippen molar-refractivity contribution in [3.05, 3.63) is 30.1 Å². The summed E-state index contributed by atoms with van der Waals surface area (Å²) in [6.45, 7) is 1.11. The number of hydrogen-bond acceptors (Lipinski definition) is 2. The highest BCUT2D eigenvalue weighted by Gasteiger charge is 2.42. The molecule has 1 unspecified atom stereocenters. The number of rotatable bonds is 4. The Hall–Kier alpha value is -1.30. The molecule has 2 N–H and O–H groups in total. The Balaban J connectivity index is 3.05. The molecule has 0 spiro atoms. The third-order valence-electron chi connectivity index (χ3n) is 2.46. The fourth-order valence-corrected chi connectivity index (χ4v) is 1.68. The summed E-state index contributed by atoms with van der Waals surface area (Å²) in [6.07, 6.45) is -4.43. The zero-order chi connectivity index (χ0) is 13.1. The van der Waals surface area contributed by atoms with Gasteiger partial charge in [0.05, 0.1) is 0 Å². The quantitative estimate of drug-likeness (QED) is 0.832. The largest absolute Gasteiger partial charge is 0.409 e. The van der Waals surface area contributed by atoms with Gasteiger partial charge in [0.2, 0.25) is 0 Å². The highest BCUT2D eigenvalue weighted by molar-refractivity contribution is 5.47. The predicted octanol–water partition coefficient (Wildman–Crippen LogP) is 2.54. The lowest BCUT2D eigenvalue weighted by Gasteiger charge is -2.33.